The zero-order valence-corrected chi connectivity index (χ0v) is 11.5. The third-order valence-electron chi connectivity index (χ3n) is 2.98. The maximum absolute atomic E-state index is 13.4. The Labute approximate surface area is 120 Å². The van der Waals surface area contributed by atoms with Crippen LogP contribution >= 0.6 is 11.3 Å². The average Bonchev–Trinajstić information content (AvgIpc) is 2.92. The summed E-state index contributed by atoms with van der Waals surface area (Å²) in [5, 5.41) is 0.850. The van der Waals surface area contributed by atoms with E-state index in [9.17, 15) is 4.39 Å². The third kappa shape index (κ3) is 2.48. The molecule has 0 aliphatic carbocycles. The van der Waals surface area contributed by atoms with Crippen LogP contribution in [0.2, 0.25) is 0 Å². The first-order chi connectivity index (χ1) is 9.78. The zero-order chi connectivity index (χ0) is 13.9. The van der Waals surface area contributed by atoms with Gasteiger partial charge in [0, 0.05) is 12.1 Å². The molecule has 0 spiro atoms. The van der Waals surface area contributed by atoms with Crippen molar-refractivity contribution in [2.75, 3.05) is 0 Å². The molecule has 0 amide bonds. The van der Waals surface area contributed by atoms with E-state index < -0.39 is 0 Å². The SMILES string of the molecule is NCc1nc(-c2ccccc2)c(-c2cccc(F)c2)s1. The van der Waals surface area contributed by atoms with Gasteiger partial charge in [-0.3, -0.25) is 0 Å². The van der Waals surface area contributed by atoms with Crippen LogP contribution in [0.4, 0.5) is 4.39 Å². The lowest BCUT2D eigenvalue weighted by molar-refractivity contribution is 0.628. The molecule has 0 atom stereocenters. The zero-order valence-electron chi connectivity index (χ0n) is 10.7. The van der Waals surface area contributed by atoms with Crippen LogP contribution in [0.5, 0.6) is 0 Å². The van der Waals surface area contributed by atoms with Crippen molar-refractivity contribution in [1.29, 1.82) is 0 Å². The van der Waals surface area contributed by atoms with Crippen LogP contribution in [0.25, 0.3) is 21.7 Å². The van der Waals surface area contributed by atoms with Crippen molar-refractivity contribution >= 4 is 11.3 Å². The van der Waals surface area contributed by atoms with Gasteiger partial charge in [-0.2, -0.15) is 0 Å². The second-order valence-electron chi connectivity index (χ2n) is 4.37. The van der Waals surface area contributed by atoms with E-state index in [2.05, 4.69) is 4.98 Å². The van der Waals surface area contributed by atoms with Crippen LogP contribution in [0.15, 0.2) is 54.6 Å². The smallest absolute Gasteiger partial charge is 0.123 e. The molecule has 0 unspecified atom stereocenters. The lowest BCUT2D eigenvalue weighted by atomic mass is 10.1. The Morgan fingerprint density at radius 1 is 1.00 bits per heavy atom. The van der Waals surface area contributed by atoms with Gasteiger partial charge in [0.25, 0.3) is 0 Å². The number of aromatic nitrogens is 1. The minimum absolute atomic E-state index is 0.246. The van der Waals surface area contributed by atoms with Crippen LogP contribution in [0.1, 0.15) is 5.01 Å². The fourth-order valence-corrected chi connectivity index (χ4v) is 3.03. The van der Waals surface area contributed by atoms with Gasteiger partial charge < -0.3 is 5.73 Å². The Morgan fingerprint density at radius 3 is 2.45 bits per heavy atom. The Hall–Kier alpha value is -2.04. The summed E-state index contributed by atoms with van der Waals surface area (Å²) in [6, 6.07) is 16.5. The largest absolute Gasteiger partial charge is 0.325 e. The second kappa shape index (κ2) is 5.53. The first-order valence-electron chi connectivity index (χ1n) is 6.29. The molecule has 0 fully saturated rings. The quantitative estimate of drug-likeness (QED) is 0.787. The highest BCUT2D eigenvalue weighted by molar-refractivity contribution is 7.15. The number of nitrogens with zero attached hydrogens (tertiary/aromatic N) is 1. The molecule has 0 bridgehead atoms. The van der Waals surface area contributed by atoms with Gasteiger partial charge >= 0.3 is 0 Å². The van der Waals surface area contributed by atoms with E-state index in [0.717, 1.165) is 26.7 Å². The highest BCUT2D eigenvalue weighted by Gasteiger charge is 2.14. The molecule has 4 heteroatoms. The Morgan fingerprint density at radius 2 is 1.75 bits per heavy atom. The monoisotopic (exact) mass is 284 g/mol. The summed E-state index contributed by atoms with van der Waals surface area (Å²) < 4.78 is 13.4. The highest BCUT2D eigenvalue weighted by Crippen LogP contribution is 2.36. The van der Waals surface area contributed by atoms with Crippen LogP contribution in [0.3, 0.4) is 0 Å². The number of nitrogens with two attached hydrogens (primary N) is 1. The van der Waals surface area contributed by atoms with Crippen LogP contribution in [-0.2, 0) is 6.54 Å². The molecule has 2 N–H and O–H groups in total. The third-order valence-corrected chi connectivity index (χ3v) is 4.11. The number of thiazole rings is 1. The van der Waals surface area contributed by atoms with Crippen molar-refractivity contribution in [3.63, 3.8) is 0 Å². The molecule has 2 nitrogen and oxygen atoms in total. The van der Waals surface area contributed by atoms with Gasteiger partial charge in [0.2, 0.25) is 0 Å². The van der Waals surface area contributed by atoms with Crippen molar-refractivity contribution in [3.8, 4) is 21.7 Å². The molecule has 1 aromatic heterocycles. The molecule has 3 rings (SSSR count). The number of benzene rings is 2. The summed E-state index contributed by atoms with van der Waals surface area (Å²) in [6.07, 6.45) is 0. The van der Waals surface area contributed by atoms with E-state index in [0.29, 0.717) is 6.54 Å². The molecular weight excluding hydrogens is 271 g/mol. The van der Waals surface area contributed by atoms with Crippen LogP contribution in [0, 0.1) is 5.82 Å². The predicted octanol–water partition coefficient (Wildman–Crippen LogP) is 4.07. The fourth-order valence-electron chi connectivity index (χ4n) is 2.07. The maximum Gasteiger partial charge on any atom is 0.123 e. The Kier molecular flexibility index (Phi) is 3.58. The fraction of sp³-hybridized carbons (Fsp3) is 0.0625. The predicted molar refractivity (Wildman–Crippen MR) is 80.8 cm³/mol. The van der Waals surface area contributed by atoms with Gasteiger partial charge in [0.1, 0.15) is 10.8 Å². The molecule has 0 radical (unpaired) electrons. The van der Waals surface area contributed by atoms with Crippen molar-refractivity contribution in [2.45, 2.75) is 6.54 Å². The molecule has 1 heterocycles. The van der Waals surface area contributed by atoms with Crippen molar-refractivity contribution in [2.24, 2.45) is 5.73 Å². The number of rotatable bonds is 3. The summed E-state index contributed by atoms with van der Waals surface area (Å²) in [5.74, 6) is -0.246. The molecule has 0 aliphatic heterocycles. The molecule has 0 saturated heterocycles. The highest BCUT2D eigenvalue weighted by atomic mass is 32.1. The van der Waals surface area contributed by atoms with Gasteiger partial charge in [0.15, 0.2) is 0 Å². The second-order valence-corrected chi connectivity index (χ2v) is 5.45. The van der Waals surface area contributed by atoms with E-state index in [-0.39, 0.29) is 5.82 Å². The normalized spacial score (nSPS) is 10.7. The molecule has 0 saturated carbocycles. The standard InChI is InChI=1S/C16H13FN2S/c17-13-8-4-7-12(9-13)16-15(19-14(10-18)20-16)11-5-2-1-3-6-11/h1-9H,10,18H2. The van der Waals surface area contributed by atoms with E-state index in [1.54, 1.807) is 6.07 Å². The summed E-state index contributed by atoms with van der Waals surface area (Å²) in [5.41, 5.74) is 8.41. The summed E-state index contributed by atoms with van der Waals surface area (Å²) in [6.45, 7) is 0.389. The molecule has 2 aromatic carbocycles. The van der Waals surface area contributed by atoms with Gasteiger partial charge in [-0.15, -0.1) is 11.3 Å². The number of hydrogen-bond donors (Lipinski definition) is 1. The van der Waals surface area contributed by atoms with Gasteiger partial charge in [-0.1, -0.05) is 42.5 Å². The minimum atomic E-state index is -0.246. The molecule has 0 aliphatic rings. The molecular formula is C16H13FN2S. The minimum Gasteiger partial charge on any atom is -0.325 e. The van der Waals surface area contributed by atoms with Crippen molar-refractivity contribution in [3.05, 3.63) is 65.4 Å². The number of hydrogen-bond acceptors (Lipinski definition) is 3. The van der Waals surface area contributed by atoms with E-state index in [4.69, 9.17) is 5.73 Å². The van der Waals surface area contributed by atoms with Crippen LogP contribution < -0.4 is 5.73 Å². The van der Waals surface area contributed by atoms with Crippen molar-refractivity contribution in [1.82, 2.24) is 4.98 Å². The van der Waals surface area contributed by atoms with Crippen LogP contribution in [-0.4, -0.2) is 4.98 Å². The topological polar surface area (TPSA) is 38.9 Å². The molecule has 100 valence electrons. The summed E-state index contributed by atoms with van der Waals surface area (Å²) in [7, 11) is 0. The lowest BCUT2D eigenvalue weighted by Gasteiger charge is -2.02. The maximum atomic E-state index is 13.4. The van der Waals surface area contributed by atoms with Gasteiger partial charge in [0.05, 0.1) is 10.6 Å². The Bertz CT molecular complexity index is 722. The first-order valence-corrected chi connectivity index (χ1v) is 7.10. The average molecular weight is 284 g/mol. The lowest BCUT2D eigenvalue weighted by Crippen LogP contribution is -1.94. The van der Waals surface area contributed by atoms with E-state index in [1.165, 1.54) is 23.5 Å². The Balaban J connectivity index is 2.18. The van der Waals surface area contributed by atoms with Gasteiger partial charge in [-0.25, -0.2) is 9.37 Å². The van der Waals surface area contributed by atoms with E-state index in [1.807, 2.05) is 36.4 Å². The van der Waals surface area contributed by atoms with Gasteiger partial charge in [-0.05, 0) is 17.7 Å². The summed E-state index contributed by atoms with van der Waals surface area (Å²) in [4.78, 5) is 5.53. The van der Waals surface area contributed by atoms with E-state index >= 15 is 0 Å². The van der Waals surface area contributed by atoms with Crippen molar-refractivity contribution < 1.29 is 4.39 Å². The molecule has 3 aromatic rings. The summed E-state index contributed by atoms with van der Waals surface area (Å²) >= 11 is 1.51. The first kappa shape index (κ1) is 13.0. The number of halogens is 1. The molecule has 20 heavy (non-hydrogen) atoms.